The van der Waals surface area contributed by atoms with Crippen LogP contribution in [0, 0.1) is 19.3 Å². The Balaban J connectivity index is 1.46. The number of H-pyrrole nitrogens is 1. The first-order valence-corrected chi connectivity index (χ1v) is 15.5. The van der Waals surface area contributed by atoms with Crippen molar-refractivity contribution in [2.75, 3.05) is 42.1 Å². The smallest absolute Gasteiger partial charge is 0.256 e. The third kappa shape index (κ3) is 7.23. The summed E-state index contributed by atoms with van der Waals surface area (Å²) in [7, 11) is 0. The number of aryl methyl sites for hydroxylation is 1. The number of fused-ring (bicyclic) bond motifs is 1. The van der Waals surface area contributed by atoms with Crippen molar-refractivity contribution >= 4 is 52.5 Å². The molecule has 0 saturated carbocycles. The van der Waals surface area contributed by atoms with Gasteiger partial charge in [0.15, 0.2) is 5.82 Å². The van der Waals surface area contributed by atoms with Gasteiger partial charge < -0.3 is 35.7 Å². The standard InChI is InChI=1S/C34H45N7O5/c1-10-41(11-2)15-14-35-30(43)28-19(3)24(36-20(28)4)17-23-22-13-12-21(16-25(22)38-29(23)42)37-31(44)34(8,9)32(45)39-27-18-26(46-40-27)33(5,6)7/h12-13,16-18,36H,10-11,14-15H2,1-9H3,(H,35,43)(H,37,44)(H,38,42)(H,39,40,45)/b23-17-. The number of carbonyl (C=O) groups is 4. The van der Waals surface area contributed by atoms with E-state index >= 15 is 0 Å². The van der Waals surface area contributed by atoms with Gasteiger partial charge in [-0.15, -0.1) is 0 Å². The van der Waals surface area contributed by atoms with Gasteiger partial charge in [0.05, 0.1) is 16.8 Å². The number of hydrogen-bond donors (Lipinski definition) is 5. The van der Waals surface area contributed by atoms with E-state index in [1.54, 1.807) is 30.3 Å². The molecule has 0 aliphatic carbocycles. The van der Waals surface area contributed by atoms with Crippen LogP contribution in [0.1, 0.15) is 87.1 Å². The van der Waals surface area contributed by atoms with Crippen LogP contribution in [0.5, 0.6) is 0 Å². The maximum atomic E-state index is 13.2. The van der Waals surface area contributed by atoms with Crippen LogP contribution in [0.4, 0.5) is 17.2 Å². The van der Waals surface area contributed by atoms with E-state index in [9.17, 15) is 19.2 Å². The number of benzene rings is 1. The molecule has 3 heterocycles. The second-order valence-electron chi connectivity index (χ2n) is 13.1. The van der Waals surface area contributed by atoms with Crippen molar-refractivity contribution in [2.45, 2.75) is 67.7 Å². The summed E-state index contributed by atoms with van der Waals surface area (Å²) < 4.78 is 5.32. The van der Waals surface area contributed by atoms with Gasteiger partial charge in [-0.3, -0.25) is 19.2 Å². The SMILES string of the molecule is CCN(CC)CCNC(=O)c1c(C)[nH]c(/C=C2\C(=O)Nc3cc(NC(=O)C(C)(C)C(=O)Nc4cc(C(C)(C)C)on4)ccc32)c1C. The minimum Gasteiger partial charge on any atom is -0.359 e. The van der Waals surface area contributed by atoms with Crippen molar-refractivity contribution in [3.05, 3.63) is 58.1 Å². The Morgan fingerprint density at radius 1 is 1.00 bits per heavy atom. The average Bonchev–Trinajstić information content (AvgIpc) is 3.66. The molecule has 1 aromatic carbocycles. The van der Waals surface area contributed by atoms with Crippen molar-refractivity contribution < 1.29 is 23.7 Å². The summed E-state index contributed by atoms with van der Waals surface area (Å²) in [5.41, 5.74) is 2.95. The van der Waals surface area contributed by atoms with Crippen molar-refractivity contribution in [3.63, 3.8) is 0 Å². The second kappa shape index (κ2) is 13.3. The lowest BCUT2D eigenvalue weighted by molar-refractivity contribution is -0.135. The maximum absolute atomic E-state index is 13.2. The predicted octanol–water partition coefficient (Wildman–Crippen LogP) is 5.08. The molecule has 12 heteroatoms. The first kappa shape index (κ1) is 34.2. The lowest BCUT2D eigenvalue weighted by atomic mass is 9.90. The summed E-state index contributed by atoms with van der Waals surface area (Å²) >= 11 is 0. The van der Waals surface area contributed by atoms with Crippen molar-refractivity contribution in [1.29, 1.82) is 0 Å². The number of nitrogens with one attached hydrogen (secondary N) is 5. The molecule has 246 valence electrons. The summed E-state index contributed by atoms with van der Waals surface area (Å²) in [6.45, 7) is 19.9. The molecule has 1 aliphatic heterocycles. The van der Waals surface area contributed by atoms with Crippen LogP contribution in [-0.2, 0) is 19.8 Å². The lowest BCUT2D eigenvalue weighted by Crippen LogP contribution is -2.41. The Morgan fingerprint density at radius 3 is 2.30 bits per heavy atom. The molecule has 0 saturated heterocycles. The second-order valence-corrected chi connectivity index (χ2v) is 13.1. The molecule has 5 N–H and O–H groups in total. The molecule has 0 unspecified atom stereocenters. The van der Waals surface area contributed by atoms with Crippen LogP contribution in [0.2, 0.25) is 0 Å². The fourth-order valence-corrected chi connectivity index (χ4v) is 5.13. The molecule has 1 aliphatic rings. The zero-order valence-corrected chi connectivity index (χ0v) is 28.2. The molecule has 2 aromatic heterocycles. The normalized spacial score (nSPS) is 14.0. The van der Waals surface area contributed by atoms with E-state index in [4.69, 9.17) is 4.52 Å². The average molecular weight is 632 g/mol. The molecular weight excluding hydrogens is 586 g/mol. The quantitative estimate of drug-likeness (QED) is 0.146. The fourth-order valence-electron chi connectivity index (χ4n) is 5.13. The first-order chi connectivity index (χ1) is 21.6. The van der Waals surface area contributed by atoms with Crippen molar-refractivity contribution in [1.82, 2.24) is 20.4 Å². The van der Waals surface area contributed by atoms with Gasteiger partial charge >= 0.3 is 0 Å². The summed E-state index contributed by atoms with van der Waals surface area (Å²) in [6, 6.07) is 6.69. The number of aromatic nitrogens is 2. The maximum Gasteiger partial charge on any atom is 0.256 e. The minimum absolute atomic E-state index is 0.160. The molecule has 0 atom stereocenters. The van der Waals surface area contributed by atoms with E-state index < -0.39 is 17.2 Å². The van der Waals surface area contributed by atoms with E-state index in [-0.39, 0.29) is 23.0 Å². The third-order valence-electron chi connectivity index (χ3n) is 8.29. The zero-order valence-electron chi connectivity index (χ0n) is 28.2. The number of carbonyl (C=O) groups excluding carboxylic acids is 4. The van der Waals surface area contributed by atoms with Crippen LogP contribution >= 0.6 is 0 Å². The number of aromatic amines is 1. The lowest BCUT2D eigenvalue weighted by Gasteiger charge is -2.22. The minimum atomic E-state index is -1.45. The largest absolute Gasteiger partial charge is 0.359 e. The Morgan fingerprint density at radius 2 is 1.67 bits per heavy atom. The third-order valence-corrected chi connectivity index (χ3v) is 8.29. The van der Waals surface area contributed by atoms with Crippen molar-refractivity contribution in [3.8, 4) is 0 Å². The van der Waals surface area contributed by atoms with Gasteiger partial charge in [-0.2, -0.15) is 0 Å². The Bertz CT molecular complexity index is 1690. The van der Waals surface area contributed by atoms with E-state index in [0.29, 0.717) is 51.8 Å². The summed E-state index contributed by atoms with van der Waals surface area (Å²) in [5.74, 6) is -0.722. The highest BCUT2D eigenvalue weighted by molar-refractivity contribution is 6.35. The monoisotopic (exact) mass is 631 g/mol. The summed E-state index contributed by atoms with van der Waals surface area (Å²) in [5, 5.41) is 15.2. The summed E-state index contributed by atoms with van der Waals surface area (Å²) in [6.07, 6.45) is 1.73. The summed E-state index contributed by atoms with van der Waals surface area (Å²) in [4.78, 5) is 57.7. The number of hydrogen-bond acceptors (Lipinski definition) is 7. The number of rotatable bonds is 11. The Hall–Kier alpha value is -4.71. The molecule has 4 rings (SSSR count). The number of likely N-dealkylation sites (N-methyl/N-ethyl adjacent to an activating group) is 1. The Labute approximate surface area is 269 Å². The van der Waals surface area contributed by atoms with Crippen molar-refractivity contribution in [2.24, 2.45) is 5.41 Å². The fraction of sp³-hybridized carbons (Fsp3) is 0.441. The van der Waals surface area contributed by atoms with E-state index in [0.717, 1.165) is 25.2 Å². The molecule has 4 amide bonds. The van der Waals surface area contributed by atoms with E-state index in [1.807, 2.05) is 34.6 Å². The van der Waals surface area contributed by atoms with Gasteiger partial charge in [0.25, 0.3) is 11.8 Å². The Kier molecular flexibility index (Phi) is 9.91. The molecule has 3 aromatic rings. The van der Waals surface area contributed by atoms with Crippen LogP contribution in [0.3, 0.4) is 0 Å². The molecular formula is C34H45N7O5. The molecule has 46 heavy (non-hydrogen) atoms. The highest BCUT2D eigenvalue weighted by atomic mass is 16.5. The van der Waals surface area contributed by atoms with Gasteiger partial charge in [-0.1, -0.05) is 45.8 Å². The van der Waals surface area contributed by atoms with Crippen LogP contribution in [-0.4, -0.2) is 64.8 Å². The number of anilines is 3. The molecule has 0 spiro atoms. The van der Waals surface area contributed by atoms with E-state index in [1.165, 1.54) is 13.8 Å². The van der Waals surface area contributed by atoms with Gasteiger partial charge in [-0.05, 0) is 64.6 Å². The van der Waals surface area contributed by atoms with Gasteiger partial charge in [0.2, 0.25) is 11.8 Å². The first-order valence-electron chi connectivity index (χ1n) is 15.5. The molecule has 0 radical (unpaired) electrons. The highest BCUT2D eigenvalue weighted by Crippen LogP contribution is 2.36. The highest BCUT2D eigenvalue weighted by Gasteiger charge is 2.37. The van der Waals surface area contributed by atoms with Crippen LogP contribution < -0.4 is 21.3 Å². The van der Waals surface area contributed by atoms with Gasteiger partial charge in [0, 0.05) is 47.2 Å². The predicted molar refractivity (Wildman–Crippen MR) is 180 cm³/mol. The number of amides is 4. The molecule has 12 nitrogen and oxygen atoms in total. The van der Waals surface area contributed by atoms with E-state index in [2.05, 4.69) is 50.2 Å². The zero-order chi connectivity index (χ0) is 34.0. The topological polar surface area (TPSA) is 161 Å². The van der Waals surface area contributed by atoms with Crippen LogP contribution in [0.15, 0.2) is 28.8 Å². The van der Waals surface area contributed by atoms with Crippen LogP contribution in [0.25, 0.3) is 11.6 Å². The van der Waals surface area contributed by atoms with Gasteiger partial charge in [0.1, 0.15) is 11.2 Å². The molecule has 0 fully saturated rings. The van der Waals surface area contributed by atoms with Gasteiger partial charge in [-0.25, -0.2) is 0 Å². The number of nitrogens with zero attached hydrogens (tertiary/aromatic N) is 2. The molecule has 0 bridgehead atoms.